The van der Waals surface area contributed by atoms with Crippen molar-refractivity contribution in [2.24, 2.45) is 5.92 Å². The molecule has 0 saturated heterocycles. The summed E-state index contributed by atoms with van der Waals surface area (Å²) in [6.45, 7) is 6.61. The first kappa shape index (κ1) is 16.8. The van der Waals surface area contributed by atoms with Gasteiger partial charge < -0.3 is 19.9 Å². The maximum Gasteiger partial charge on any atom is 0.0700 e. The Bertz CT molecular complexity index is 139. The summed E-state index contributed by atoms with van der Waals surface area (Å²) in [6, 6.07) is 0. The normalized spacial score (nSPS) is 12.9. The molecule has 17 heavy (non-hydrogen) atoms. The van der Waals surface area contributed by atoms with E-state index < -0.39 is 0 Å². The summed E-state index contributed by atoms with van der Waals surface area (Å²) in [7, 11) is 1.68. The molecule has 0 rings (SSSR count). The van der Waals surface area contributed by atoms with E-state index in [1.807, 2.05) is 0 Å². The minimum absolute atomic E-state index is 0.298. The van der Waals surface area contributed by atoms with E-state index in [0.717, 1.165) is 32.5 Å². The van der Waals surface area contributed by atoms with Crippen molar-refractivity contribution >= 4 is 0 Å². The van der Waals surface area contributed by atoms with E-state index >= 15 is 0 Å². The standard InChI is InChI=1S/C13H29NO3/c1-3-5-13(6-8-15)12-14-7-4-9-17-11-10-16-2/h13-15H,3-12H2,1-2H3. The van der Waals surface area contributed by atoms with Crippen LogP contribution < -0.4 is 5.32 Å². The Morgan fingerprint density at radius 1 is 1.18 bits per heavy atom. The minimum Gasteiger partial charge on any atom is -0.396 e. The van der Waals surface area contributed by atoms with Crippen LogP contribution >= 0.6 is 0 Å². The maximum absolute atomic E-state index is 8.93. The molecule has 0 spiro atoms. The average Bonchev–Trinajstić information content (AvgIpc) is 2.33. The van der Waals surface area contributed by atoms with Gasteiger partial charge in [0.25, 0.3) is 0 Å². The van der Waals surface area contributed by atoms with E-state index in [1.54, 1.807) is 7.11 Å². The molecular formula is C13H29NO3. The lowest BCUT2D eigenvalue weighted by atomic mass is 10.0. The van der Waals surface area contributed by atoms with Crippen LogP contribution in [0.3, 0.4) is 0 Å². The van der Waals surface area contributed by atoms with Gasteiger partial charge in [0.2, 0.25) is 0 Å². The Labute approximate surface area is 106 Å². The summed E-state index contributed by atoms with van der Waals surface area (Å²) in [4.78, 5) is 0. The first-order chi connectivity index (χ1) is 8.35. The van der Waals surface area contributed by atoms with Gasteiger partial charge in [0.05, 0.1) is 13.2 Å². The maximum atomic E-state index is 8.93. The Hall–Kier alpha value is -0.160. The van der Waals surface area contributed by atoms with Crippen molar-refractivity contribution in [3.63, 3.8) is 0 Å². The highest BCUT2D eigenvalue weighted by atomic mass is 16.5. The molecule has 0 aliphatic heterocycles. The van der Waals surface area contributed by atoms with Crippen molar-refractivity contribution in [1.82, 2.24) is 5.32 Å². The second-order valence-electron chi connectivity index (χ2n) is 4.33. The first-order valence-corrected chi connectivity index (χ1v) is 6.73. The predicted octanol–water partition coefficient (Wildman–Crippen LogP) is 1.43. The Morgan fingerprint density at radius 3 is 2.65 bits per heavy atom. The van der Waals surface area contributed by atoms with Gasteiger partial charge in [-0.1, -0.05) is 13.3 Å². The molecule has 0 aromatic rings. The summed E-state index contributed by atoms with van der Waals surface area (Å²) >= 11 is 0. The van der Waals surface area contributed by atoms with Crippen molar-refractivity contribution in [2.75, 3.05) is 46.6 Å². The Kier molecular flexibility index (Phi) is 13.8. The summed E-state index contributed by atoms with van der Waals surface area (Å²) in [5, 5.41) is 12.4. The van der Waals surface area contributed by atoms with E-state index in [1.165, 1.54) is 12.8 Å². The Balaban J connectivity index is 3.23. The second kappa shape index (κ2) is 13.9. The van der Waals surface area contributed by atoms with Gasteiger partial charge in [-0.25, -0.2) is 0 Å². The van der Waals surface area contributed by atoms with Gasteiger partial charge in [-0.2, -0.15) is 0 Å². The molecule has 4 nitrogen and oxygen atoms in total. The van der Waals surface area contributed by atoms with Crippen LogP contribution in [0.25, 0.3) is 0 Å². The molecule has 1 atom stereocenters. The largest absolute Gasteiger partial charge is 0.396 e. The topological polar surface area (TPSA) is 50.7 Å². The molecule has 0 aliphatic rings. The number of nitrogens with one attached hydrogen (secondary N) is 1. The molecule has 0 heterocycles. The zero-order valence-electron chi connectivity index (χ0n) is 11.4. The van der Waals surface area contributed by atoms with Gasteiger partial charge in [-0.3, -0.25) is 0 Å². The molecular weight excluding hydrogens is 218 g/mol. The van der Waals surface area contributed by atoms with Crippen molar-refractivity contribution in [2.45, 2.75) is 32.6 Å². The van der Waals surface area contributed by atoms with Crippen LogP contribution in [-0.4, -0.2) is 51.7 Å². The number of methoxy groups -OCH3 is 1. The van der Waals surface area contributed by atoms with Gasteiger partial charge in [0.15, 0.2) is 0 Å². The number of rotatable bonds is 13. The van der Waals surface area contributed by atoms with Gasteiger partial charge >= 0.3 is 0 Å². The van der Waals surface area contributed by atoms with E-state index in [4.69, 9.17) is 14.6 Å². The fourth-order valence-corrected chi connectivity index (χ4v) is 1.79. The lowest BCUT2D eigenvalue weighted by Gasteiger charge is -2.15. The molecule has 0 aromatic heterocycles. The molecule has 104 valence electrons. The fourth-order valence-electron chi connectivity index (χ4n) is 1.79. The van der Waals surface area contributed by atoms with Crippen LogP contribution in [-0.2, 0) is 9.47 Å². The molecule has 0 fully saturated rings. The molecule has 0 radical (unpaired) electrons. The molecule has 0 aromatic carbocycles. The van der Waals surface area contributed by atoms with Crippen LogP contribution in [0.1, 0.15) is 32.6 Å². The lowest BCUT2D eigenvalue weighted by Crippen LogP contribution is -2.25. The highest BCUT2D eigenvalue weighted by Crippen LogP contribution is 2.09. The van der Waals surface area contributed by atoms with E-state index in [0.29, 0.717) is 25.7 Å². The van der Waals surface area contributed by atoms with Crippen molar-refractivity contribution < 1.29 is 14.6 Å². The molecule has 4 heteroatoms. The van der Waals surface area contributed by atoms with Gasteiger partial charge in [0, 0.05) is 20.3 Å². The quantitative estimate of drug-likeness (QED) is 0.483. The molecule has 2 N–H and O–H groups in total. The smallest absolute Gasteiger partial charge is 0.0700 e. The van der Waals surface area contributed by atoms with Crippen LogP contribution in [0.4, 0.5) is 0 Å². The minimum atomic E-state index is 0.298. The number of ether oxygens (including phenoxy) is 2. The van der Waals surface area contributed by atoms with Crippen LogP contribution in [0.15, 0.2) is 0 Å². The monoisotopic (exact) mass is 247 g/mol. The highest BCUT2D eigenvalue weighted by Gasteiger charge is 2.05. The summed E-state index contributed by atoms with van der Waals surface area (Å²) in [6.07, 6.45) is 4.32. The number of hydrogen-bond acceptors (Lipinski definition) is 4. The summed E-state index contributed by atoms with van der Waals surface area (Å²) < 4.78 is 10.3. The second-order valence-corrected chi connectivity index (χ2v) is 4.33. The Morgan fingerprint density at radius 2 is 2.00 bits per heavy atom. The summed E-state index contributed by atoms with van der Waals surface area (Å²) in [5.74, 6) is 0.611. The lowest BCUT2D eigenvalue weighted by molar-refractivity contribution is 0.0694. The highest BCUT2D eigenvalue weighted by molar-refractivity contribution is 4.61. The van der Waals surface area contributed by atoms with Crippen molar-refractivity contribution in [3.8, 4) is 0 Å². The van der Waals surface area contributed by atoms with Gasteiger partial charge in [0.1, 0.15) is 0 Å². The molecule has 0 saturated carbocycles. The number of hydrogen-bond donors (Lipinski definition) is 2. The van der Waals surface area contributed by atoms with Crippen molar-refractivity contribution in [1.29, 1.82) is 0 Å². The molecule has 0 aliphatic carbocycles. The first-order valence-electron chi connectivity index (χ1n) is 6.73. The number of aliphatic hydroxyl groups is 1. The third-order valence-electron chi connectivity index (χ3n) is 2.74. The zero-order chi connectivity index (χ0) is 12.8. The molecule has 0 bridgehead atoms. The van der Waals surface area contributed by atoms with E-state index in [9.17, 15) is 0 Å². The average molecular weight is 247 g/mol. The van der Waals surface area contributed by atoms with E-state index in [2.05, 4.69) is 12.2 Å². The van der Waals surface area contributed by atoms with Gasteiger partial charge in [-0.15, -0.1) is 0 Å². The zero-order valence-corrected chi connectivity index (χ0v) is 11.4. The van der Waals surface area contributed by atoms with E-state index in [-0.39, 0.29) is 0 Å². The van der Waals surface area contributed by atoms with Crippen LogP contribution in [0.5, 0.6) is 0 Å². The van der Waals surface area contributed by atoms with Crippen molar-refractivity contribution in [3.05, 3.63) is 0 Å². The van der Waals surface area contributed by atoms with Crippen LogP contribution in [0.2, 0.25) is 0 Å². The third kappa shape index (κ3) is 12.1. The van der Waals surface area contributed by atoms with Crippen LogP contribution in [0, 0.1) is 5.92 Å². The molecule has 0 amide bonds. The predicted molar refractivity (Wildman–Crippen MR) is 70.3 cm³/mol. The van der Waals surface area contributed by atoms with Gasteiger partial charge in [-0.05, 0) is 38.3 Å². The SMILES string of the molecule is CCCC(CCO)CNCCCOCCOC. The summed E-state index contributed by atoms with van der Waals surface area (Å²) in [5.41, 5.74) is 0. The third-order valence-corrected chi connectivity index (χ3v) is 2.74. The fraction of sp³-hybridized carbons (Fsp3) is 1.00. The number of aliphatic hydroxyl groups excluding tert-OH is 1. The molecule has 1 unspecified atom stereocenters.